The van der Waals surface area contributed by atoms with Gasteiger partial charge in [0.05, 0.1) is 12.2 Å². The molecule has 0 fully saturated rings. The molecule has 2 aromatic carbocycles. The van der Waals surface area contributed by atoms with E-state index >= 15 is 0 Å². The molecule has 3 N–H and O–H groups in total. The Morgan fingerprint density at radius 3 is 2.46 bits per heavy atom. The quantitative estimate of drug-likeness (QED) is 0.448. The second-order valence-electron chi connectivity index (χ2n) is 6.40. The van der Waals surface area contributed by atoms with E-state index in [1.54, 1.807) is 42.5 Å². The highest BCUT2D eigenvalue weighted by molar-refractivity contribution is 9.10. The predicted octanol–water partition coefficient (Wildman–Crippen LogP) is 3.82. The standard InChI is InChI=1S/C20H22BrN3O3S/c1-13(2)10-11-27-17-9-8-15(21)12-16(17)19(26)22-20(28)24-23-18(25)14-6-4-3-5-7-14/h3-9,12-13H,10-11H2,1-2H3,(H,23,25)(H2,22,24,26,28). The average Bonchev–Trinajstić information content (AvgIpc) is 2.67. The number of nitrogens with one attached hydrogen (secondary N) is 3. The molecule has 0 heterocycles. The van der Waals surface area contributed by atoms with Crippen molar-refractivity contribution < 1.29 is 14.3 Å². The van der Waals surface area contributed by atoms with E-state index in [9.17, 15) is 9.59 Å². The monoisotopic (exact) mass is 463 g/mol. The number of hydrogen-bond acceptors (Lipinski definition) is 4. The fourth-order valence-corrected chi connectivity index (χ4v) is 2.69. The number of ether oxygens (including phenoxy) is 1. The Hall–Kier alpha value is -2.45. The lowest BCUT2D eigenvalue weighted by Crippen LogP contribution is -2.48. The molecule has 0 unspecified atom stereocenters. The van der Waals surface area contributed by atoms with E-state index < -0.39 is 5.91 Å². The van der Waals surface area contributed by atoms with Crippen LogP contribution < -0.4 is 20.9 Å². The first-order valence-electron chi connectivity index (χ1n) is 8.76. The zero-order chi connectivity index (χ0) is 20.5. The number of amides is 2. The van der Waals surface area contributed by atoms with Crippen molar-refractivity contribution in [3.8, 4) is 5.75 Å². The van der Waals surface area contributed by atoms with Crippen LogP contribution in [0.4, 0.5) is 0 Å². The van der Waals surface area contributed by atoms with Gasteiger partial charge in [0.2, 0.25) is 0 Å². The minimum atomic E-state index is -0.438. The van der Waals surface area contributed by atoms with Crippen LogP contribution in [0.3, 0.4) is 0 Å². The number of thiocarbonyl (C=S) groups is 1. The fourth-order valence-electron chi connectivity index (χ4n) is 2.19. The predicted molar refractivity (Wildman–Crippen MR) is 116 cm³/mol. The van der Waals surface area contributed by atoms with Crippen LogP contribution in [0.1, 0.15) is 41.0 Å². The topological polar surface area (TPSA) is 79.5 Å². The summed E-state index contributed by atoms with van der Waals surface area (Å²) >= 11 is 8.44. The van der Waals surface area contributed by atoms with Gasteiger partial charge in [0.1, 0.15) is 5.75 Å². The molecule has 0 aliphatic heterocycles. The summed E-state index contributed by atoms with van der Waals surface area (Å²) in [7, 11) is 0. The minimum Gasteiger partial charge on any atom is -0.493 e. The first kappa shape index (κ1) is 21.8. The summed E-state index contributed by atoms with van der Waals surface area (Å²) < 4.78 is 6.49. The summed E-state index contributed by atoms with van der Waals surface area (Å²) in [5, 5.41) is 2.51. The van der Waals surface area contributed by atoms with Gasteiger partial charge in [-0.05, 0) is 54.9 Å². The Balaban J connectivity index is 1.94. The number of hydrogen-bond donors (Lipinski definition) is 3. The largest absolute Gasteiger partial charge is 0.493 e. The van der Waals surface area contributed by atoms with E-state index in [4.69, 9.17) is 17.0 Å². The molecule has 8 heteroatoms. The molecule has 0 radical (unpaired) electrons. The van der Waals surface area contributed by atoms with Crippen LogP contribution in [0.15, 0.2) is 53.0 Å². The Morgan fingerprint density at radius 2 is 1.79 bits per heavy atom. The van der Waals surface area contributed by atoms with Crippen molar-refractivity contribution in [2.75, 3.05) is 6.61 Å². The van der Waals surface area contributed by atoms with Gasteiger partial charge in [-0.25, -0.2) is 0 Å². The molecular weight excluding hydrogens is 442 g/mol. The number of rotatable bonds is 6. The highest BCUT2D eigenvalue weighted by Crippen LogP contribution is 2.23. The van der Waals surface area contributed by atoms with Gasteiger partial charge in [-0.3, -0.25) is 25.8 Å². The van der Waals surface area contributed by atoms with Gasteiger partial charge in [0, 0.05) is 10.0 Å². The molecule has 0 bridgehead atoms. The highest BCUT2D eigenvalue weighted by atomic mass is 79.9. The van der Waals surface area contributed by atoms with Crippen LogP contribution in [0, 0.1) is 5.92 Å². The number of benzene rings is 2. The van der Waals surface area contributed by atoms with Crippen molar-refractivity contribution in [2.24, 2.45) is 5.92 Å². The van der Waals surface area contributed by atoms with Crippen molar-refractivity contribution in [2.45, 2.75) is 20.3 Å². The van der Waals surface area contributed by atoms with Crippen LogP contribution in [0.25, 0.3) is 0 Å². The van der Waals surface area contributed by atoms with Crippen molar-refractivity contribution in [1.82, 2.24) is 16.2 Å². The first-order valence-corrected chi connectivity index (χ1v) is 9.96. The van der Waals surface area contributed by atoms with Crippen molar-refractivity contribution in [1.29, 1.82) is 0 Å². The van der Waals surface area contributed by atoms with E-state index in [1.165, 1.54) is 0 Å². The van der Waals surface area contributed by atoms with Crippen molar-refractivity contribution >= 4 is 45.1 Å². The maximum atomic E-state index is 12.6. The zero-order valence-electron chi connectivity index (χ0n) is 15.6. The summed E-state index contributed by atoms with van der Waals surface area (Å²) in [6.07, 6.45) is 0.878. The number of carbonyl (C=O) groups excluding carboxylic acids is 2. The van der Waals surface area contributed by atoms with E-state index in [0.29, 0.717) is 29.4 Å². The Labute approximate surface area is 178 Å². The third kappa shape index (κ3) is 6.94. The van der Waals surface area contributed by atoms with E-state index in [-0.39, 0.29) is 11.0 Å². The maximum Gasteiger partial charge on any atom is 0.269 e. The Bertz CT molecular complexity index is 844. The smallest absolute Gasteiger partial charge is 0.269 e. The Kier molecular flexibility index (Phi) is 8.41. The minimum absolute atomic E-state index is 0.0256. The van der Waals surface area contributed by atoms with Crippen molar-refractivity contribution in [3.05, 3.63) is 64.1 Å². The molecule has 28 heavy (non-hydrogen) atoms. The third-order valence-corrected chi connectivity index (χ3v) is 4.39. The van der Waals surface area contributed by atoms with Gasteiger partial charge in [-0.1, -0.05) is 48.0 Å². The lowest BCUT2D eigenvalue weighted by Gasteiger charge is -2.14. The molecular formula is C20H22BrN3O3S. The summed E-state index contributed by atoms with van der Waals surface area (Å²) in [5.74, 6) is 0.167. The van der Waals surface area contributed by atoms with Gasteiger partial charge >= 0.3 is 0 Å². The lowest BCUT2D eigenvalue weighted by atomic mass is 10.1. The van der Waals surface area contributed by atoms with Gasteiger partial charge in [0.25, 0.3) is 11.8 Å². The van der Waals surface area contributed by atoms with Crippen molar-refractivity contribution in [3.63, 3.8) is 0 Å². The van der Waals surface area contributed by atoms with Crippen LogP contribution in [-0.4, -0.2) is 23.5 Å². The third-order valence-electron chi connectivity index (χ3n) is 3.69. The van der Waals surface area contributed by atoms with Gasteiger partial charge in [-0.15, -0.1) is 0 Å². The molecule has 0 aromatic heterocycles. The van der Waals surface area contributed by atoms with Gasteiger partial charge in [-0.2, -0.15) is 0 Å². The normalized spacial score (nSPS) is 10.3. The zero-order valence-corrected chi connectivity index (χ0v) is 18.0. The second kappa shape index (κ2) is 10.8. The molecule has 6 nitrogen and oxygen atoms in total. The first-order chi connectivity index (χ1) is 13.4. The van der Waals surface area contributed by atoms with Crippen LogP contribution in [-0.2, 0) is 0 Å². The Morgan fingerprint density at radius 1 is 1.07 bits per heavy atom. The summed E-state index contributed by atoms with van der Waals surface area (Å²) in [4.78, 5) is 24.6. The summed E-state index contributed by atoms with van der Waals surface area (Å²) in [6, 6.07) is 13.8. The van der Waals surface area contributed by atoms with Crippen LogP contribution in [0.5, 0.6) is 5.75 Å². The number of halogens is 1. The van der Waals surface area contributed by atoms with E-state index in [1.807, 2.05) is 6.07 Å². The molecule has 0 atom stereocenters. The molecule has 2 rings (SSSR count). The average molecular weight is 464 g/mol. The second-order valence-corrected chi connectivity index (χ2v) is 7.72. The lowest BCUT2D eigenvalue weighted by molar-refractivity contribution is 0.0933. The van der Waals surface area contributed by atoms with Gasteiger partial charge < -0.3 is 4.74 Å². The van der Waals surface area contributed by atoms with Crippen LogP contribution in [0.2, 0.25) is 0 Å². The highest BCUT2D eigenvalue weighted by Gasteiger charge is 2.15. The molecule has 148 valence electrons. The van der Waals surface area contributed by atoms with Gasteiger partial charge in [0.15, 0.2) is 5.11 Å². The molecule has 2 amide bonds. The molecule has 0 saturated heterocycles. The molecule has 2 aromatic rings. The molecule has 0 spiro atoms. The van der Waals surface area contributed by atoms with Crippen LogP contribution >= 0.6 is 28.1 Å². The number of hydrazine groups is 1. The molecule has 0 saturated carbocycles. The molecule has 0 aliphatic carbocycles. The molecule has 0 aliphatic rings. The van der Waals surface area contributed by atoms with E-state index in [2.05, 4.69) is 45.9 Å². The maximum absolute atomic E-state index is 12.6. The SMILES string of the molecule is CC(C)CCOc1ccc(Br)cc1C(=O)NC(=S)NNC(=O)c1ccccc1. The summed E-state index contributed by atoms with van der Waals surface area (Å²) in [5.41, 5.74) is 5.78. The number of carbonyl (C=O) groups is 2. The summed E-state index contributed by atoms with van der Waals surface area (Å²) in [6.45, 7) is 4.72. The van der Waals surface area contributed by atoms with E-state index in [0.717, 1.165) is 10.9 Å². The fraction of sp³-hybridized carbons (Fsp3) is 0.250.